The maximum atomic E-state index is 6.13. The molecule has 2 aromatic rings. The Hall–Kier alpha value is -1.71. The van der Waals surface area contributed by atoms with Gasteiger partial charge in [-0.2, -0.15) is 5.10 Å². The van der Waals surface area contributed by atoms with Gasteiger partial charge in [0.2, 0.25) is 0 Å². The molecule has 0 atom stereocenters. The van der Waals surface area contributed by atoms with Crippen LogP contribution >= 0.6 is 23.2 Å². The molecule has 0 aromatic heterocycles. The summed E-state index contributed by atoms with van der Waals surface area (Å²) >= 11 is 12.3. The van der Waals surface area contributed by atoms with E-state index >= 15 is 0 Å². The maximum Gasteiger partial charge on any atom is 0.156 e. The Morgan fingerprint density at radius 2 is 1.81 bits per heavy atom. The molecular weight excluding hydrogens is 307 g/mol. The van der Waals surface area contributed by atoms with Crippen LogP contribution in [0.1, 0.15) is 18.1 Å². The van der Waals surface area contributed by atoms with Gasteiger partial charge in [-0.3, -0.25) is 0 Å². The number of nitrogens with one attached hydrogen (secondary N) is 1. The zero-order valence-electron chi connectivity index (χ0n) is 11.6. The van der Waals surface area contributed by atoms with Crippen molar-refractivity contribution in [1.82, 2.24) is 5.43 Å². The van der Waals surface area contributed by atoms with Crippen molar-refractivity contribution in [3.05, 3.63) is 63.6 Å². The number of rotatable bonds is 6. The van der Waals surface area contributed by atoms with Crippen LogP contribution in [-0.2, 0) is 6.54 Å². The highest BCUT2D eigenvalue weighted by Crippen LogP contribution is 2.33. The summed E-state index contributed by atoms with van der Waals surface area (Å²) < 4.78 is 5.38. The first-order valence-electron chi connectivity index (χ1n) is 6.62. The van der Waals surface area contributed by atoms with Crippen molar-refractivity contribution in [2.45, 2.75) is 13.5 Å². The summed E-state index contributed by atoms with van der Waals surface area (Å²) in [6.45, 7) is 3.07. The van der Waals surface area contributed by atoms with E-state index < -0.39 is 0 Å². The smallest absolute Gasteiger partial charge is 0.156 e. The highest BCUT2D eigenvalue weighted by molar-refractivity contribution is 6.37. The normalized spacial score (nSPS) is 10.8. The summed E-state index contributed by atoms with van der Waals surface area (Å²) in [5.41, 5.74) is 4.96. The van der Waals surface area contributed by atoms with Crippen LogP contribution in [0.5, 0.6) is 5.75 Å². The number of hydrogen-bond donors (Lipinski definition) is 1. The van der Waals surface area contributed by atoms with Crippen LogP contribution in [-0.4, -0.2) is 12.8 Å². The van der Waals surface area contributed by atoms with Crippen LogP contribution in [0.4, 0.5) is 0 Å². The van der Waals surface area contributed by atoms with Gasteiger partial charge in [-0.25, -0.2) is 0 Å². The SMILES string of the molecule is CCOc1c(Cl)cc(C=NNCc2ccccc2)cc1Cl. The molecule has 0 spiro atoms. The Morgan fingerprint density at radius 3 is 2.43 bits per heavy atom. The van der Waals surface area contributed by atoms with Gasteiger partial charge < -0.3 is 10.2 Å². The van der Waals surface area contributed by atoms with E-state index in [2.05, 4.69) is 10.5 Å². The lowest BCUT2D eigenvalue weighted by Gasteiger charge is -2.08. The van der Waals surface area contributed by atoms with Crippen LogP contribution in [0.2, 0.25) is 10.0 Å². The van der Waals surface area contributed by atoms with Gasteiger partial charge in [0.1, 0.15) is 0 Å². The maximum absolute atomic E-state index is 6.13. The number of benzene rings is 2. The number of nitrogens with zero attached hydrogens (tertiary/aromatic N) is 1. The highest BCUT2D eigenvalue weighted by Gasteiger charge is 2.08. The molecule has 21 heavy (non-hydrogen) atoms. The van der Waals surface area contributed by atoms with E-state index in [9.17, 15) is 0 Å². The third-order valence-electron chi connectivity index (χ3n) is 2.74. The third-order valence-corrected chi connectivity index (χ3v) is 3.30. The fraction of sp³-hybridized carbons (Fsp3) is 0.188. The van der Waals surface area contributed by atoms with Gasteiger partial charge >= 0.3 is 0 Å². The quantitative estimate of drug-likeness (QED) is 0.626. The lowest BCUT2D eigenvalue weighted by atomic mass is 10.2. The summed E-state index contributed by atoms with van der Waals surface area (Å²) in [5, 5.41) is 5.12. The van der Waals surface area contributed by atoms with Crippen molar-refractivity contribution in [2.24, 2.45) is 5.10 Å². The predicted octanol–water partition coefficient (Wildman–Crippen LogP) is 4.52. The van der Waals surface area contributed by atoms with Crippen molar-refractivity contribution >= 4 is 29.4 Å². The molecule has 0 unspecified atom stereocenters. The van der Waals surface area contributed by atoms with Gasteiger partial charge in [0.25, 0.3) is 0 Å². The van der Waals surface area contributed by atoms with E-state index in [4.69, 9.17) is 27.9 Å². The topological polar surface area (TPSA) is 33.6 Å². The molecule has 1 N–H and O–H groups in total. The zero-order chi connectivity index (χ0) is 15.1. The number of ether oxygens (including phenoxy) is 1. The first-order valence-corrected chi connectivity index (χ1v) is 7.38. The minimum Gasteiger partial charge on any atom is -0.491 e. The van der Waals surface area contributed by atoms with Gasteiger partial charge in [0.15, 0.2) is 5.75 Å². The van der Waals surface area contributed by atoms with Gasteiger partial charge in [-0.15, -0.1) is 0 Å². The number of hydrogen-bond acceptors (Lipinski definition) is 3. The van der Waals surface area contributed by atoms with E-state index in [0.29, 0.717) is 28.9 Å². The van der Waals surface area contributed by atoms with Gasteiger partial charge in [-0.05, 0) is 30.2 Å². The van der Waals surface area contributed by atoms with Crippen LogP contribution in [0.15, 0.2) is 47.6 Å². The van der Waals surface area contributed by atoms with Crippen molar-refractivity contribution in [1.29, 1.82) is 0 Å². The Kier molecular flexibility index (Phi) is 5.90. The molecule has 0 saturated carbocycles. The molecule has 2 rings (SSSR count). The Labute approximate surface area is 134 Å². The van der Waals surface area contributed by atoms with Gasteiger partial charge in [-0.1, -0.05) is 53.5 Å². The summed E-state index contributed by atoms with van der Waals surface area (Å²) in [4.78, 5) is 0. The zero-order valence-corrected chi connectivity index (χ0v) is 13.2. The first-order chi connectivity index (χ1) is 10.2. The van der Waals surface area contributed by atoms with Crippen molar-refractivity contribution in [3.8, 4) is 5.75 Å². The second kappa shape index (κ2) is 7.91. The minimum absolute atomic E-state index is 0.480. The molecule has 2 aromatic carbocycles. The average molecular weight is 323 g/mol. The molecule has 0 aliphatic carbocycles. The molecule has 5 heteroatoms. The lowest BCUT2D eigenvalue weighted by molar-refractivity contribution is 0.340. The predicted molar refractivity (Wildman–Crippen MR) is 88.5 cm³/mol. The fourth-order valence-corrected chi connectivity index (χ4v) is 2.40. The summed E-state index contributed by atoms with van der Waals surface area (Å²) in [6.07, 6.45) is 1.68. The lowest BCUT2D eigenvalue weighted by Crippen LogP contribution is -2.05. The Morgan fingerprint density at radius 1 is 1.14 bits per heavy atom. The van der Waals surface area contributed by atoms with E-state index in [1.807, 2.05) is 37.3 Å². The van der Waals surface area contributed by atoms with Crippen LogP contribution in [0.3, 0.4) is 0 Å². The fourth-order valence-electron chi connectivity index (χ4n) is 1.79. The standard InChI is InChI=1S/C16H16Cl2N2O/c1-2-21-16-14(17)8-13(9-15(16)18)11-20-19-10-12-6-4-3-5-7-12/h3-9,11,19H,2,10H2,1H3. The Balaban J connectivity index is 1.98. The molecular formula is C16H16Cl2N2O. The minimum atomic E-state index is 0.480. The number of hydrazone groups is 1. The van der Waals surface area contributed by atoms with Gasteiger partial charge in [0.05, 0.1) is 29.4 Å². The molecule has 0 saturated heterocycles. The molecule has 0 heterocycles. The molecule has 0 fully saturated rings. The molecule has 0 aliphatic heterocycles. The molecule has 0 bridgehead atoms. The largest absolute Gasteiger partial charge is 0.491 e. The second-order valence-corrected chi connectivity index (χ2v) is 5.14. The van der Waals surface area contributed by atoms with Crippen molar-refractivity contribution < 1.29 is 4.74 Å². The second-order valence-electron chi connectivity index (χ2n) is 4.33. The Bertz CT molecular complexity index is 592. The average Bonchev–Trinajstić information content (AvgIpc) is 2.48. The van der Waals surface area contributed by atoms with Crippen LogP contribution in [0, 0.1) is 0 Å². The molecule has 0 aliphatic rings. The molecule has 0 radical (unpaired) electrons. The summed E-state index contributed by atoms with van der Waals surface area (Å²) in [6, 6.07) is 13.6. The molecule has 3 nitrogen and oxygen atoms in total. The van der Waals surface area contributed by atoms with Crippen LogP contribution in [0.25, 0.3) is 0 Å². The van der Waals surface area contributed by atoms with Crippen molar-refractivity contribution in [3.63, 3.8) is 0 Å². The number of halogens is 2. The van der Waals surface area contributed by atoms with E-state index in [1.165, 1.54) is 0 Å². The van der Waals surface area contributed by atoms with E-state index in [0.717, 1.165) is 11.1 Å². The van der Waals surface area contributed by atoms with E-state index in [1.54, 1.807) is 18.3 Å². The highest BCUT2D eigenvalue weighted by atomic mass is 35.5. The third kappa shape index (κ3) is 4.66. The van der Waals surface area contributed by atoms with Crippen molar-refractivity contribution in [2.75, 3.05) is 6.61 Å². The van der Waals surface area contributed by atoms with Gasteiger partial charge in [0, 0.05) is 0 Å². The molecule has 0 amide bonds. The van der Waals surface area contributed by atoms with Crippen LogP contribution < -0.4 is 10.2 Å². The first kappa shape index (κ1) is 15.7. The van der Waals surface area contributed by atoms with E-state index in [-0.39, 0.29) is 0 Å². The molecule has 110 valence electrons. The summed E-state index contributed by atoms with van der Waals surface area (Å²) in [5.74, 6) is 0.509. The summed E-state index contributed by atoms with van der Waals surface area (Å²) in [7, 11) is 0. The monoisotopic (exact) mass is 322 g/mol.